The van der Waals surface area contributed by atoms with Crippen LogP contribution < -0.4 is 0 Å². The van der Waals surface area contributed by atoms with Crippen molar-refractivity contribution in [3.63, 3.8) is 0 Å². The van der Waals surface area contributed by atoms with Crippen LogP contribution in [-0.2, 0) is 0 Å². The van der Waals surface area contributed by atoms with E-state index in [2.05, 4.69) is 0 Å². The predicted molar refractivity (Wildman–Crippen MR) is 33.5 cm³/mol. The van der Waals surface area contributed by atoms with Gasteiger partial charge in [0.05, 0.1) is 0 Å². The molecule has 0 aromatic heterocycles. The monoisotopic (exact) mass is 260 g/mol. The second-order valence-electron chi connectivity index (χ2n) is 0. The van der Waals surface area contributed by atoms with Crippen LogP contribution >= 0.6 is 50.9 Å². The Morgan fingerprint density at radius 3 is 0.500 bits per heavy atom. The first-order chi connectivity index (χ1) is 0. The molecular formula is H4Br3F. The number of rotatable bonds is 0. The summed E-state index contributed by atoms with van der Waals surface area (Å²) in [6.45, 7) is 0. The second kappa shape index (κ2) is 26.4. The van der Waals surface area contributed by atoms with E-state index >= 15 is 0 Å². The Morgan fingerprint density at radius 2 is 0.500 bits per heavy atom. The molecule has 0 saturated heterocycles. The third-order valence-electron chi connectivity index (χ3n) is 0. The Labute approximate surface area is 55.6 Å². The molecule has 0 heterocycles. The number of hydrogen-bond donors (Lipinski definition) is 0. The summed E-state index contributed by atoms with van der Waals surface area (Å²) >= 11 is 0. The van der Waals surface area contributed by atoms with Gasteiger partial charge in [-0.1, -0.05) is 0 Å². The van der Waals surface area contributed by atoms with Crippen molar-refractivity contribution in [3.8, 4) is 0 Å². The molecule has 0 saturated carbocycles. The molecule has 0 aliphatic rings. The van der Waals surface area contributed by atoms with Gasteiger partial charge in [-0.2, -0.15) is 0 Å². The Balaban J connectivity index is 0. The normalized spacial score (nSPS) is 0. The molecule has 0 N–H and O–H groups in total. The third-order valence-corrected chi connectivity index (χ3v) is 0. The van der Waals surface area contributed by atoms with Gasteiger partial charge in [0.15, 0.2) is 0 Å². The zero-order valence-electron chi connectivity index (χ0n) is 1.63. The second-order valence-corrected chi connectivity index (χ2v) is 0. The van der Waals surface area contributed by atoms with E-state index in [-0.39, 0.29) is 55.6 Å². The molecule has 0 nitrogen and oxygen atoms in total. The Hall–Kier alpha value is 1.37. The van der Waals surface area contributed by atoms with E-state index in [4.69, 9.17) is 0 Å². The van der Waals surface area contributed by atoms with Gasteiger partial charge in [0.1, 0.15) is 0 Å². The van der Waals surface area contributed by atoms with Crippen LogP contribution in [-0.4, -0.2) is 0 Å². The van der Waals surface area contributed by atoms with Crippen LogP contribution in [0.1, 0.15) is 0 Å². The molecule has 0 radical (unpaired) electrons. The van der Waals surface area contributed by atoms with Crippen LogP contribution in [0, 0.1) is 0 Å². The first-order valence-corrected chi connectivity index (χ1v) is 0. The smallest absolute Gasteiger partial charge is 0.114 e. The summed E-state index contributed by atoms with van der Waals surface area (Å²) < 4.78 is 0. The quantitative estimate of drug-likeness (QED) is 0.625. The van der Waals surface area contributed by atoms with E-state index in [1.165, 1.54) is 0 Å². The molecule has 0 amide bonds. The highest BCUT2D eigenvalue weighted by Gasteiger charge is -0.112. The minimum Gasteiger partial charge on any atom is -0.269 e. The highest BCUT2D eigenvalue weighted by atomic mass is 79.9. The van der Waals surface area contributed by atoms with Crippen LogP contribution in [0.4, 0.5) is 4.70 Å². The minimum atomic E-state index is 0. The van der Waals surface area contributed by atoms with E-state index in [0.29, 0.717) is 0 Å². The van der Waals surface area contributed by atoms with Crippen LogP contribution in [0.5, 0.6) is 0 Å². The maximum Gasteiger partial charge on any atom is -0.114 e. The number of hydrogen-bond acceptors (Lipinski definition) is 0. The molecular weight excluding hydrogens is 259 g/mol. The van der Waals surface area contributed by atoms with E-state index in [9.17, 15) is 0 Å². The van der Waals surface area contributed by atoms with Gasteiger partial charge < -0.3 is 0 Å². The first-order valence-electron chi connectivity index (χ1n) is 0. The summed E-state index contributed by atoms with van der Waals surface area (Å²) in [4.78, 5) is 0. The lowest BCUT2D eigenvalue weighted by Gasteiger charge is -0.269. The summed E-state index contributed by atoms with van der Waals surface area (Å²) in [6.07, 6.45) is 0. The molecule has 4 heteroatoms. The van der Waals surface area contributed by atoms with Crippen molar-refractivity contribution in [1.29, 1.82) is 0 Å². The van der Waals surface area contributed by atoms with Gasteiger partial charge in [0.2, 0.25) is 0 Å². The largest absolute Gasteiger partial charge is 0.269 e. The van der Waals surface area contributed by atoms with Crippen LogP contribution in [0.3, 0.4) is 0 Å². The van der Waals surface area contributed by atoms with E-state index in [1.807, 2.05) is 0 Å². The topological polar surface area (TPSA) is 0 Å². The Morgan fingerprint density at radius 1 is 0.500 bits per heavy atom. The Bertz CT molecular complexity index is 3.25. The molecule has 32 valence electrons. The van der Waals surface area contributed by atoms with Crippen molar-refractivity contribution < 1.29 is 4.70 Å². The molecule has 0 atom stereocenters. The molecule has 0 aliphatic heterocycles. The zero-order valence-corrected chi connectivity index (χ0v) is 6.77. The third kappa shape index (κ3) is 10.1. The SMILES string of the molecule is Br.Br.Br.F. The van der Waals surface area contributed by atoms with Crippen LogP contribution in [0.2, 0.25) is 0 Å². The van der Waals surface area contributed by atoms with Crippen molar-refractivity contribution >= 4 is 50.9 Å². The Kier molecular flexibility index (Phi) is 361. The summed E-state index contributed by atoms with van der Waals surface area (Å²) in [5, 5.41) is 0. The summed E-state index contributed by atoms with van der Waals surface area (Å²) in [7, 11) is 0. The lowest BCUT2D eigenvalue weighted by molar-refractivity contribution is 1.11. The predicted octanol–water partition coefficient (Wildman–Crippen LogP) is 1.89. The fourth-order valence-electron chi connectivity index (χ4n) is 0. The maximum absolute atomic E-state index is 0. The van der Waals surface area contributed by atoms with Crippen molar-refractivity contribution in [2.24, 2.45) is 0 Å². The highest BCUT2D eigenvalue weighted by molar-refractivity contribution is 8.93. The molecule has 0 rings (SSSR count). The van der Waals surface area contributed by atoms with Gasteiger partial charge in [0, 0.05) is 0 Å². The lowest BCUT2D eigenvalue weighted by atomic mass is 19.0. The summed E-state index contributed by atoms with van der Waals surface area (Å²) in [5.41, 5.74) is 0. The summed E-state index contributed by atoms with van der Waals surface area (Å²) in [6, 6.07) is 0. The molecule has 0 aromatic carbocycles. The molecule has 0 aromatic rings. The van der Waals surface area contributed by atoms with Gasteiger partial charge >= 0.3 is 0 Å². The highest BCUT2D eigenvalue weighted by Crippen LogP contribution is 0.848. The van der Waals surface area contributed by atoms with Crippen LogP contribution in [0.25, 0.3) is 0 Å². The van der Waals surface area contributed by atoms with Gasteiger partial charge in [-0.15, -0.1) is 50.9 Å². The molecule has 0 unspecified atom stereocenters. The van der Waals surface area contributed by atoms with Crippen molar-refractivity contribution in [2.45, 2.75) is 0 Å². The first kappa shape index (κ1) is 54.6. The molecule has 4 heavy (non-hydrogen) atoms. The fourth-order valence-corrected chi connectivity index (χ4v) is 0. The fraction of sp³-hybridized carbons (Fsp3) is 0. The van der Waals surface area contributed by atoms with Crippen molar-refractivity contribution in [1.82, 2.24) is 0 Å². The summed E-state index contributed by atoms with van der Waals surface area (Å²) in [5.74, 6) is 0. The minimum absolute atomic E-state index is 0. The molecule has 0 fully saturated rings. The standard InChI is InChI=1S/3BrH.FH/h4*1H. The molecule has 0 bridgehead atoms. The zero-order chi connectivity index (χ0) is 0. The molecule has 0 aliphatic carbocycles. The van der Waals surface area contributed by atoms with E-state index < -0.39 is 0 Å². The lowest BCUT2D eigenvalue weighted by Crippen LogP contribution is 0.420. The number of halogens is 4. The van der Waals surface area contributed by atoms with Crippen molar-refractivity contribution in [3.05, 3.63) is 0 Å². The maximum atomic E-state index is 0. The van der Waals surface area contributed by atoms with Gasteiger partial charge in [0.25, 0.3) is 0 Å². The van der Waals surface area contributed by atoms with Crippen LogP contribution in [0.15, 0.2) is 0 Å². The van der Waals surface area contributed by atoms with E-state index in [1.54, 1.807) is 0 Å². The van der Waals surface area contributed by atoms with Gasteiger partial charge in [-0.05, 0) is 0 Å². The van der Waals surface area contributed by atoms with Gasteiger partial charge in [-0.3, -0.25) is 4.70 Å². The van der Waals surface area contributed by atoms with E-state index in [0.717, 1.165) is 0 Å². The average molecular weight is 263 g/mol. The van der Waals surface area contributed by atoms with Crippen molar-refractivity contribution in [2.75, 3.05) is 0 Å². The molecule has 0 spiro atoms. The average Bonchev–Trinajstić information content (AvgIpc) is 0. The van der Waals surface area contributed by atoms with Gasteiger partial charge in [-0.25, -0.2) is 0 Å².